The van der Waals surface area contributed by atoms with Crippen molar-refractivity contribution in [1.82, 2.24) is 10.3 Å². The average molecular weight is 657 g/mol. The summed E-state index contributed by atoms with van der Waals surface area (Å²) in [7, 11) is 0. The highest BCUT2D eigenvalue weighted by molar-refractivity contribution is 5.76. The van der Waals surface area contributed by atoms with E-state index in [1.807, 2.05) is 18.2 Å². The van der Waals surface area contributed by atoms with E-state index in [2.05, 4.69) is 30.2 Å². The summed E-state index contributed by atoms with van der Waals surface area (Å²) in [4.78, 5) is 16.9. The maximum atomic E-state index is 12.8. The van der Waals surface area contributed by atoms with Crippen molar-refractivity contribution in [3.63, 3.8) is 0 Å². The molecule has 1 aromatic heterocycles. The normalized spacial score (nSPS) is 12.9. The molecule has 0 unspecified atom stereocenters. The molecular weight excluding hydrogens is 580 g/mol. The molecule has 1 aromatic rings. The lowest BCUT2D eigenvalue weighted by atomic mass is 10.0. The molecule has 5 heteroatoms. The second kappa shape index (κ2) is 34.2. The van der Waals surface area contributed by atoms with Crippen LogP contribution in [-0.4, -0.2) is 34.8 Å². The lowest BCUT2D eigenvalue weighted by molar-refractivity contribution is -0.123. The monoisotopic (exact) mass is 657 g/mol. The first-order valence-electron chi connectivity index (χ1n) is 20.3. The van der Waals surface area contributed by atoms with Crippen LogP contribution < -0.4 is 5.32 Å². The number of unbranched alkanes of at least 4 members (excludes halogenated alkanes) is 25. The zero-order valence-corrected chi connectivity index (χ0v) is 31.0. The quantitative estimate of drug-likeness (QED) is 0.0563. The van der Waals surface area contributed by atoms with E-state index in [9.17, 15) is 9.90 Å². The van der Waals surface area contributed by atoms with Gasteiger partial charge in [-0.05, 0) is 37.0 Å². The van der Waals surface area contributed by atoms with Gasteiger partial charge in [0.15, 0.2) is 0 Å². The first-order valence-corrected chi connectivity index (χ1v) is 20.3. The molecule has 0 radical (unpaired) electrons. The largest absolute Gasteiger partial charge is 0.387 e. The third kappa shape index (κ3) is 29.0. The van der Waals surface area contributed by atoms with E-state index in [0.717, 1.165) is 31.2 Å². The van der Waals surface area contributed by atoms with Crippen LogP contribution in [0.15, 0.2) is 36.7 Å². The minimum absolute atomic E-state index is 0.00928. The van der Waals surface area contributed by atoms with Gasteiger partial charge in [-0.2, -0.15) is 0 Å². The number of nitrogens with zero attached hydrogens (tertiary/aromatic N) is 1. The number of aliphatic hydroxyl groups is 1. The number of amides is 1. The number of hydrogen-bond donors (Lipinski definition) is 2. The van der Waals surface area contributed by atoms with Crippen LogP contribution in [0.1, 0.15) is 199 Å². The predicted molar refractivity (Wildman–Crippen MR) is 202 cm³/mol. The van der Waals surface area contributed by atoms with Crippen LogP contribution in [0.25, 0.3) is 0 Å². The Kier molecular flexibility index (Phi) is 31.5. The van der Waals surface area contributed by atoms with Crippen molar-refractivity contribution in [2.45, 2.75) is 212 Å². The molecule has 0 aliphatic heterocycles. The standard InChI is InChI=1S/C42H76N2O3/c1-3-5-7-9-11-13-15-17-18-20-22-24-26-28-30-32-42(46)44-40(38-47-37-39-33-35-43-36-34-39)41(45)31-29-27-25-23-21-19-16-14-12-10-8-6-4-2/h29,31,33-36,40-41,45H,3-28,30,32,37-38H2,1-2H3,(H,44,46)/b31-29+/t40-,41+/m0/s1. The Hall–Kier alpha value is -1.72. The van der Waals surface area contributed by atoms with Crippen LogP contribution in [-0.2, 0) is 16.1 Å². The average Bonchev–Trinajstić information content (AvgIpc) is 3.08. The summed E-state index contributed by atoms with van der Waals surface area (Å²) in [5.41, 5.74) is 1.03. The van der Waals surface area contributed by atoms with Crippen LogP contribution in [0.5, 0.6) is 0 Å². The maximum absolute atomic E-state index is 12.8. The Morgan fingerprint density at radius 2 is 1.11 bits per heavy atom. The summed E-state index contributed by atoms with van der Waals surface area (Å²) in [5, 5.41) is 14.0. The first-order chi connectivity index (χ1) is 23.2. The Bertz CT molecular complexity index is 815. The minimum Gasteiger partial charge on any atom is -0.387 e. The fourth-order valence-electron chi connectivity index (χ4n) is 6.24. The number of aromatic nitrogens is 1. The lowest BCUT2D eigenvalue weighted by Crippen LogP contribution is -2.45. The smallest absolute Gasteiger partial charge is 0.220 e. The number of hydrogen-bond acceptors (Lipinski definition) is 4. The zero-order chi connectivity index (χ0) is 33.9. The summed E-state index contributed by atoms with van der Waals surface area (Å²) >= 11 is 0. The van der Waals surface area contributed by atoms with Gasteiger partial charge in [0.1, 0.15) is 0 Å². The number of ether oxygens (including phenoxy) is 1. The number of rotatable bonds is 35. The number of carbonyl (C=O) groups is 1. The number of pyridine rings is 1. The highest BCUT2D eigenvalue weighted by Crippen LogP contribution is 2.15. The molecule has 272 valence electrons. The zero-order valence-electron chi connectivity index (χ0n) is 31.0. The van der Waals surface area contributed by atoms with Crippen molar-refractivity contribution in [3.8, 4) is 0 Å². The van der Waals surface area contributed by atoms with Crippen LogP contribution >= 0.6 is 0 Å². The second-order valence-corrected chi connectivity index (χ2v) is 14.0. The first kappa shape index (κ1) is 43.3. The molecule has 0 aliphatic carbocycles. The third-order valence-electron chi connectivity index (χ3n) is 9.39. The van der Waals surface area contributed by atoms with E-state index in [1.54, 1.807) is 12.4 Å². The van der Waals surface area contributed by atoms with Gasteiger partial charge in [0.25, 0.3) is 0 Å². The molecule has 0 saturated carbocycles. The summed E-state index contributed by atoms with van der Waals surface area (Å²) in [6.07, 6.45) is 42.5. The fraction of sp³-hybridized carbons (Fsp3) is 0.810. The minimum atomic E-state index is -0.759. The highest BCUT2D eigenvalue weighted by atomic mass is 16.5. The van der Waals surface area contributed by atoms with Crippen LogP contribution in [0, 0.1) is 0 Å². The van der Waals surface area contributed by atoms with Gasteiger partial charge >= 0.3 is 0 Å². The molecule has 2 atom stereocenters. The Morgan fingerprint density at radius 3 is 1.57 bits per heavy atom. The second-order valence-electron chi connectivity index (χ2n) is 14.0. The molecule has 0 aromatic carbocycles. The molecular formula is C42H76N2O3. The molecule has 1 rings (SSSR count). The number of nitrogens with one attached hydrogen (secondary N) is 1. The van der Waals surface area contributed by atoms with Crippen molar-refractivity contribution in [2.75, 3.05) is 6.61 Å². The van der Waals surface area contributed by atoms with Crippen LogP contribution in [0.4, 0.5) is 0 Å². The van der Waals surface area contributed by atoms with E-state index in [-0.39, 0.29) is 12.5 Å². The van der Waals surface area contributed by atoms with Gasteiger partial charge < -0.3 is 15.2 Å². The van der Waals surface area contributed by atoms with Crippen molar-refractivity contribution in [3.05, 3.63) is 42.2 Å². The van der Waals surface area contributed by atoms with E-state index in [1.165, 1.54) is 148 Å². The van der Waals surface area contributed by atoms with Crippen molar-refractivity contribution in [2.24, 2.45) is 0 Å². The van der Waals surface area contributed by atoms with Crippen molar-refractivity contribution in [1.29, 1.82) is 0 Å². The highest BCUT2D eigenvalue weighted by Gasteiger charge is 2.19. The summed E-state index contributed by atoms with van der Waals surface area (Å²) in [6.45, 7) is 5.26. The predicted octanol–water partition coefficient (Wildman–Crippen LogP) is 12.0. The van der Waals surface area contributed by atoms with E-state index in [0.29, 0.717) is 13.0 Å². The Labute approximate surface area is 291 Å². The Balaban J connectivity index is 2.21. The van der Waals surface area contributed by atoms with Crippen LogP contribution in [0.2, 0.25) is 0 Å². The van der Waals surface area contributed by atoms with Crippen molar-refractivity contribution < 1.29 is 14.6 Å². The van der Waals surface area contributed by atoms with E-state index in [4.69, 9.17) is 4.74 Å². The summed E-state index contributed by atoms with van der Waals surface area (Å²) in [5.74, 6) is 0.00928. The maximum Gasteiger partial charge on any atom is 0.220 e. The van der Waals surface area contributed by atoms with Gasteiger partial charge in [-0.15, -0.1) is 0 Å². The summed E-state index contributed by atoms with van der Waals surface area (Å²) < 4.78 is 5.92. The SMILES string of the molecule is CCCCCCCCCCCCC/C=C/[C@@H](O)[C@H](COCc1ccncc1)NC(=O)CCCCCCCCCCCCCCCCC. The van der Waals surface area contributed by atoms with Gasteiger partial charge in [-0.25, -0.2) is 0 Å². The molecule has 1 amide bonds. The number of carbonyl (C=O) groups excluding carboxylic acids is 1. The topological polar surface area (TPSA) is 71.5 Å². The number of aliphatic hydroxyl groups excluding tert-OH is 1. The lowest BCUT2D eigenvalue weighted by Gasteiger charge is -2.22. The molecule has 47 heavy (non-hydrogen) atoms. The molecule has 0 saturated heterocycles. The van der Waals surface area contributed by atoms with E-state index >= 15 is 0 Å². The molecule has 0 fully saturated rings. The van der Waals surface area contributed by atoms with Gasteiger partial charge in [-0.3, -0.25) is 9.78 Å². The van der Waals surface area contributed by atoms with Crippen LogP contribution in [0.3, 0.4) is 0 Å². The Morgan fingerprint density at radius 1 is 0.681 bits per heavy atom. The van der Waals surface area contributed by atoms with Crippen molar-refractivity contribution >= 4 is 5.91 Å². The third-order valence-corrected chi connectivity index (χ3v) is 9.39. The van der Waals surface area contributed by atoms with E-state index < -0.39 is 12.1 Å². The fourth-order valence-corrected chi connectivity index (χ4v) is 6.24. The van der Waals surface area contributed by atoms with Gasteiger partial charge in [0.2, 0.25) is 5.91 Å². The summed E-state index contributed by atoms with van der Waals surface area (Å²) in [6, 6.07) is 3.40. The molecule has 0 aliphatic rings. The molecule has 5 nitrogen and oxygen atoms in total. The number of allylic oxidation sites excluding steroid dienone is 1. The van der Waals surface area contributed by atoms with Gasteiger partial charge in [0.05, 0.1) is 25.4 Å². The molecule has 2 N–H and O–H groups in total. The van der Waals surface area contributed by atoms with Gasteiger partial charge in [-0.1, -0.05) is 180 Å². The molecule has 0 bridgehead atoms. The van der Waals surface area contributed by atoms with Gasteiger partial charge in [0, 0.05) is 18.8 Å². The molecule has 1 heterocycles. The molecule has 0 spiro atoms.